The summed E-state index contributed by atoms with van der Waals surface area (Å²) in [7, 11) is 1.55. The zero-order chi connectivity index (χ0) is 19.2. The van der Waals surface area contributed by atoms with Gasteiger partial charge in [-0.2, -0.15) is 5.10 Å². The molecule has 0 aliphatic heterocycles. The van der Waals surface area contributed by atoms with Crippen LogP contribution in [-0.2, 0) is 11.2 Å². The number of hydrogen-bond donors (Lipinski definition) is 2. The molecule has 0 spiro atoms. The van der Waals surface area contributed by atoms with Crippen molar-refractivity contribution in [1.29, 1.82) is 0 Å². The van der Waals surface area contributed by atoms with E-state index in [0.29, 0.717) is 17.7 Å². The maximum absolute atomic E-state index is 12.7. The Labute approximate surface area is 157 Å². The fourth-order valence-corrected chi connectivity index (χ4v) is 2.86. The number of carbonyl (C=O) groups is 2. The van der Waals surface area contributed by atoms with Crippen LogP contribution in [0.3, 0.4) is 0 Å². The van der Waals surface area contributed by atoms with Gasteiger partial charge in [-0.15, -0.1) is 0 Å². The van der Waals surface area contributed by atoms with Gasteiger partial charge in [-0.25, -0.2) is 0 Å². The number of amides is 1. The second-order valence-corrected chi connectivity index (χ2v) is 6.23. The molecule has 1 aromatic heterocycles. The second-order valence-electron chi connectivity index (χ2n) is 6.23. The van der Waals surface area contributed by atoms with Crippen molar-refractivity contribution in [2.24, 2.45) is 0 Å². The van der Waals surface area contributed by atoms with E-state index in [4.69, 9.17) is 4.74 Å². The van der Waals surface area contributed by atoms with Crippen LogP contribution in [0.25, 0.3) is 11.1 Å². The van der Waals surface area contributed by atoms with Crippen LogP contribution in [0.4, 0.5) is 0 Å². The number of aromatic nitrogens is 2. The van der Waals surface area contributed by atoms with Gasteiger partial charge >= 0.3 is 0 Å². The molecule has 6 nitrogen and oxygen atoms in total. The lowest BCUT2D eigenvalue weighted by Crippen LogP contribution is -2.41. The molecule has 3 aromatic rings. The average Bonchev–Trinajstić information content (AvgIpc) is 3.22. The van der Waals surface area contributed by atoms with Crippen molar-refractivity contribution in [3.8, 4) is 16.9 Å². The number of methoxy groups -OCH3 is 1. The highest BCUT2D eigenvalue weighted by Crippen LogP contribution is 2.30. The van der Waals surface area contributed by atoms with Gasteiger partial charge in [-0.3, -0.25) is 14.7 Å². The fraction of sp³-hybridized carbons (Fsp3) is 0.190. The summed E-state index contributed by atoms with van der Waals surface area (Å²) in [5.74, 6) is 0.156. The molecule has 0 aliphatic carbocycles. The van der Waals surface area contributed by atoms with E-state index >= 15 is 0 Å². The lowest BCUT2D eigenvalue weighted by Gasteiger charge is -2.17. The zero-order valence-electron chi connectivity index (χ0n) is 15.2. The molecule has 1 heterocycles. The molecule has 2 N–H and O–H groups in total. The van der Waals surface area contributed by atoms with Crippen molar-refractivity contribution < 1.29 is 14.3 Å². The molecular formula is C21H21N3O3. The summed E-state index contributed by atoms with van der Waals surface area (Å²) < 4.78 is 5.42. The van der Waals surface area contributed by atoms with E-state index in [0.717, 1.165) is 16.7 Å². The van der Waals surface area contributed by atoms with Gasteiger partial charge in [0.2, 0.25) is 0 Å². The molecule has 0 radical (unpaired) electrons. The molecule has 6 heteroatoms. The van der Waals surface area contributed by atoms with Gasteiger partial charge in [0.25, 0.3) is 5.91 Å². The Morgan fingerprint density at radius 3 is 2.59 bits per heavy atom. The summed E-state index contributed by atoms with van der Waals surface area (Å²) in [5.41, 5.74) is 3.11. The lowest BCUT2D eigenvalue weighted by molar-refractivity contribution is -0.118. The number of hydrogen-bond acceptors (Lipinski definition) is 4. The van der Waals surface area contributed by atoms with Crippen LogP contribution in [0.15, 0.2) is 60.9 Å². The molecule has 0 saturated carbocycles. The number of benzene rings is 2. The van der Waals surface area contributed by atoms with Gasteiger partial charge in [0.1, 0.15) is 5.75 Å². The summed E-state index contributed by atoms with van der Waals surface area (Å²) in [5, 5.41) is 9.51. The van der Waals surface area contributed by atoms with Gasteiger partial charge in [-0.1, -0.05) is 30.3 Å². The molecule has 0 fully saturated rings. The van der Waals surface area contributed by atoms with Crippen LogP contribution in [0.2, 0.25) is 0 Å². The van der Waals surface area contributed by atoms with Crippen LogP contribution < -0.4 is 10.1 Å². The number of H-pyrrole nitrogens is 1. The molecular weight excluding hydrogens is 342 g/mol. The van der Waals surface area contributed by atoms with Gasteiger partial charge in [-0.05, 0) is 37.1 Å². The second kappa shape index (κ2) is 8.31. The molecule has 0 aliphatic rings. The van der Waals surface area contributed by atoms with Crippen molar-refractivity contribution in [3.63, 3.8) is 0 Å². The van der Waals surface area contributed by atoms with Gasteiger partial charge in [0.05, 0.1) is 19.3 Å². The van der Waals surface area contributed by atoms with E-state index in [1.165, 1.54) is 6.92 Å². The normalized spacial score (nSPS) is 11.6. The summed E-state index contributed by atoms with van der Waals surface area (Å²) in [6.07, 6.45) is 3.89. The van der Waals surface area contributed by atoms with Gasteiger partial charge in [0.15, 0.2) is 5.78 Å². The molecule has 3 rings (SSSR count). The predicted molar refractivity (Wildman–Crippen MR) is 103 cm³/mol. The number of Topliss-reactive ketones (excluding diaryl/α,β-unsaturated/α-hetero) is 1. The van der Waals surface area contributed by atoms with E-state index < -0.39 is 6.04 Å². The SMILES string of the molecule is COc1cc(C(=O)NC(Cc2ccccc2)C(C)=O)ccc1-c1cn[nH]c1. The largest absolute Gasteiger partial charge is 0.496 e. The Balaban J connectivity index is 1.79. The van der Waals surface area contributed by atoms with Crippen molar-refractivity contribution in [3.05, 3.63) is 72.1 Å². The highest BCUT2D eigenvalue weighted by atomic mass is 16.5. The van der Waals surface area contributed by atoms with E-state index in [1.807, 2.05) is 30.3 Å². The van der Waals surface area contributed by atoms with E-state index in [9.17, 15) is 9.59 Å². The summed E-state index contributed by atoms with van der Waals surface area (Å²) in [6, 6.07) is 14.2. The molecule has 138 valence electrons. The first-order valence-electron chi connectivity index (χ1n) is 8.61. The quantitative estimate of drug-likeness (QED) is 0.676. The minimum atomic E-state index is -0.584. The standard InChI is InChI=1S/C21H21N3O3/c1-14(25)19(10-15-6-4-3-5-7-15)24-21(26)16-8-9-18(20(11-16)27-2)17-12-22-23-13-17/h3-9,11-13,19H,10H2,1-2H3,(H,22,23)(H,24,26). The average molecular weight is 363 g/mol. The van der Waals surface area contributed by atoms with Crippen LogP contribution in [0, 0.1) is 0 Å². The van der Waals surface area contributed by atoms with Crippen LogP contribution in [0.5, 0.6) is 5.75 Å². The minimum absolute atomic E-state index is 0.0887. The molecule has 0 bridgehead atoms. The first-order valence-corrected chi connectivity index (χ1v) is 8.61. The van der Waals surface area contributed by atoms with Crippen LogP contribution in [-0.4, -0.2) is 35.0 Å². The van der Waals surface area contributed by atoms with E-state index in [1.54, 1.807) is 37.7 Å². The topological polar surface area (TPSA) is 84.1 Å². The first-order chi connectivity index (χ1) is 13.1. The van der Waals surface area contributed by atoms with Crippen molar-refractivity contribution in [2.75, 3.05) is 7.11 Å². The number of aromatic amines is 1. The fourth-order valence-electron chi connectivity index (χ4n) is 2.86. The van der Waals surface area contributed by atoms with E-state index in [2.05, 4.69) is 15.5 Å². The highest BCUT2D eigenvalue weighted by Gasteiger charge is 2.19. The minimum Gasteiger partial charge on any atom is -0.496 e. The van der Waals surface area contributed by atoms with Crippen molar-refractivity contribution in [1.82, 2.24) is 15.5 Å². The number of rotatable bonds is 7. The zero-order valence-corrected chi connectivity index (χ0v) is 15.2. The van der Waals surface area contributed by atoms with Gasteiger partial charge < -0.3 is 10.1 Å². The third-order valence-corrected chi connectivity index (χ3v) is 4.35. The summed E-state index contributed by atoms with van der Waals surface area (Å²) >= 11 is 0. The maximum Gasteiger partial charge on any atom is 0.252 e. The van der Waals surface area contributed by atoms with Crippen molar-refractivity contribution >= 4 is 11.7 Å². The molecule has 1 amide bonds. The molecule has 2 aromatic carbocycles. The Morgan fingerprint density at radius 2 is 1.96 bits per heavy atom. The Hall–Kier alpha value is -3.41. The van der Waals surface area contributed by atoms with Crippen molar-refractivity contribution in [2.45, 2.75) is 19.4 Å². The molecule has 1 atom stereocenters. The number of nitrogens with one attached hydrogen (secondary N) is 2. The number of nitrogens with zero attached hydrogens (tertiary/aromatic N) is 1. The Bertz CT molecular complexity index is 921. The highest BCUT2D eigenvalue weighted by molar-refractivity contribution is 5.98. The Morgan fingerprint density at radius 1 is 1.19 bits per heavy atom. The Kier molecular flexibility index (Phi) is 5.66. The molecule has 27 heavy (non-hydrogen) atoms. The predicted octanol–water partition coefficient (Wildman–Crippen LogP) is 3.02. The van der Waals surface area contributed by atoms with Crippen LogP contribution in [0.1, 0.15) is 22.8 Å². The monoisotopic (exact) mass is 363 g/mol. The number of carbonyl (C=O) groups excluding carboxylic acids is 2. The number of ether oxygens (including phenoxy) is 1. The van der Waals surface area contributed by atoms with Gasteiger partial charge in [0, 0.05) is 22.9 Å². The lowest BCUT2D eigenvalue weighted by atomic mass is 10.0. The smallest absolute Gasteiger partial charge is 0.252 e. The third kappa shape index (κ3) is 4.41. The maximum atomic E-state index is 12.7. The summed E-state index contributed by atoms with van der Waals surface area (Å²) in [6.45, 7) is 1.48. The first kappa shape index (κ1) is 18.4. The third-order valence-electron chi connectivity index (χ3n) is 4.35. The van der Waals surface area contributed by atoms with E-state index in [-0.39, 0.29) is 11.7 Å². The summed E-state index contributed by atoms with van der Waals surface area (Å²) in [4.78, 5) is 24.7. The number of ketones is 1. The molecule has 1 unspecified atom stereocenters. The van der Waals surface area contributed by atoms with Crippen LogP contribution >= 0.6 is 0 Å². The molecule has 0 saturated heterocycles.